The van der Waals surface area contributed by atoms with Crippen LogP contribution in [0.3, 0.4) is 0 Å². The van der Waals surface area contributed by atoms with Crippen LogP contribution in [-0.4, -0.2) is 47.3 Å². The first kappa shape index (κ1) is 16.2. The zero-order chi connectivity index (χ0) is 16.9. The van der Waals surface area contributed by atoms with E-state index in [4.69, 9.17) is 9.47 Å². The molecule has 0 aliphatic carbocycles. The van der Waals surface area contributed by atoms with Gasteiger partial charge in [0.1, 0.15) is 11.9 Å². The van der Waals surface area contributed by atoms with E-state index >= 15 is 0 Å². The Bertz CT molecular complexity index is 703. The minimum atomic E-state index is -0.0312. The maximum atomic E-state index is 12.5. The third-order valence-corrected chi connectivity index (χ3v) is 4.05. The largest absolute Gasteiger partial charge is 0.497 e. The molecule has 0 unspecified atom stereocenters. The van der Waals surface area contributed by atoms with E-state index in [2.05, 4.69) is 10.2 Å². The number of amides is 1. The third-order valence-electron chi connectivity index (χ3n) is 4.05. The summed E-state index contributed by atoms with van der Waals surface area (Å²) in [6.07, 6.45) is 1.14. The van der Waals surface area contributed by atoms with Gasteiger partial charge in [-0.3, -0.25) is 4.79 Å². The highest BCUT2D eigenvalue weighted by atomic mass is 16.5. The number of methoxy groups -OCH3 is 1. The summed E-state index contributed by atoms with van der Waals surface area (Å²) in [5.74, 6) is 1.37. The van der Waals surface area contributed by atoms with Crippen LogP contribution in [0.15, 0.2) is 36.4 Å². The van der Waals surface area contributed by atoms with Gasteiger partial charge >= 0.3 is 0 Å². The lowest BCUT2D eigenvalue weighted by atomic mass is 10.1. The summed E-state index contributed by atoms with van der Waals surface area (Å²) in [7, 11) is 1.62. The van der Waals surface area contributed by atoms with Crippen molar-refractivity contribution in [2.75, 3.05) is 20.2 Å². The molecule has 6 heteroatoms. The minimum absolute atomic E-state index is 0.0312. The van der Waals surface area contributed by atoms with Crippen LogP contribution in [0.5, 0.6) is 11.6 Å². The predicted octanol–water partition coefficient (Wildman–Crippen LogP) is 2.02. The molecule has 0 radical (unpaired) electrons. The molecule has 1 aromatic heterocycles. The topological polar surface area (TPSA) is 64.5 Å². The van der Waals surface area contributed by atoms with Crippen LogP contribution in [0.1, 0.15) is 17.7 Å². The molecule has 3 rings (SSSR count). The number of likely N-dealkylation sites (tertiary alicyclic amines) is 1. The van der Waals surface area contributed by atoms with Gasteiger partial charge in [0.25, 0.3) is 0 Å². The fourth-order valence-corrected chi connectivity index (χ4v) is 2.74. The molecule has 24 heavy (non-hydrogen) atoms. The Morgan fingerprint density at radius 2 is 2.17 bits per heavy atom. The number of carbonyl (C=O) groups excluding carboxylic acids is 1. The molecule has 1 saturated heterocycles. The molecule has 1 fully saturated rings. The highest BCUT2D eigenvalue weighted by Gasteiger charge is 2.27. The Morgan fingerprint density at radius 1 is 1.29 bits per heavy atom. The Morgan fingerprint density at radius 3 is 2.92 bits per heavy atom. The van der Waals surface area contributed by atoms with Gasteiger partial charge < -0.3 is 14.4 Å². The second-order valence-corrected chi connectivity index (χ2v) is 5.91. The van der Waals surface area contributed by atoms with E-state index in [9.17, 15) is 4.79 Å². The lowest BCUT2D eigenvalue weighted by Crippen LogP contribution is -2.32. The molecule has 1 amide bonds. The van der Waals surface area contributed by atoms with Gasteiger partial charge in [0.2, 0.25) is 11.8 Å². The van der Waals surface area contributed by atoms with Gasteiger partial charge in [0.15, 0.2) is 0 Å². The highest BCUT2D eigenvalue weighted by molar-refractivity contribution is 5.79. The molecular formula is C18H21N3O3. The maximum absolute atomic E-state index is 12.5. The van der Waals surface area contributed by atoms with Gasteiger partial charge in [-0.25, -0.2) is 0 Å². The van der Waals surface area contributed by atoms with Crippen molar-refractivity contribution < 1.29 is 14.3 Å². The summed E-state index contributed by atoms with van der Waals surface area (Å²) < 4.78 is 11.0. The fraction of sp³-hybridized carbons (Fsp3) is 0.389. The van der Waals surface area contributed by atoms with E-state index in [0.29, 0.717) is 25.4 Å². The summed E-state index contributed by atoms with van der Waals surface area (Å²) in [4.78, 5) is 14.3. The molecule has 1 aromatic carbocycles. The van der Waals surface area contributed by atoms with Crippen LogP contribution in [0.4, 0.5) is 0 Å². The summed E-state index contributed by atoms with van der Waals surface area (Å²) in [6.45, 7) is 3.16. The number of aromatic nitrogens is 2. The lowest BCUT2D eigenvalue weighted by molar-refractivity contribution is -0.129. The van der Waals surface area contributed by atoms with Crippen molar-refractivity contribution in [3.63, 3.8) is 0 Å². The van der Waals surface area contributed by atoms with Crippen molar-refractivity contribution >= 4 is 5.91 Å². The smallest absolute Gasteiger partial charge is 0.233 e. The number of aryl methyl sites for hydroxylation is 1. The average Bonchev–Trinajstić information content (AvgIpc) is 3.06. The van der Waals surface area contributed by atoms with E-state index in [-0.39, 0.29) is 12.0 Å². The van der Waals surface area contributed by atoms with Crippen LogP contribution in [0.25, 0.3) is 0 Å². The van der Waals surface area contributed by atoms with Gasteiger partial charge in [0, 0.05) is 19.0 Å². The molecule has 1 aliphatic heterocycles. The van der Waals surface area contributed by atoms with Crippen molar-refractivity contribution in [2.45, 2.75) is 25.9 Å². The number of rotatable bonds is 5. The van der Waals surface area contributed by atoms with Crippen LogP contribution >= 0.6 is 0 Å². The molecular weight excluding hydrogens is 306 g/mol. The van der Waals surface area contributed by atoms with Gasteiger partial charge in [-0.05, 0) is 30.7 Å². The van der Waals surface area contributed by atoms with Crippen molar-refractivity contribution in [3.8, 4) is 11.6 Å². The van der Waals surface area contributed by atoms with Gasteiger partial charge in [-0.2, -0.15) is 5.10 Å². The Hall–Kier alpha value is -2.63. The van der Waals surface area contributed by atoms with Crippen molar-refractivity contribution in [1.82, 2.24) is 15.1 Å². The number of carbonyl (C=O) groups is 1. The first-order valence-electron chi connectivity index (χ1n) is 8.02. The molecule has 0 saturated carbocycles. The molecule has 2 aromatic rings. The van der Waals surface area contributed by atoms with Crippen molar-refractivity contribution in [1.29, 1.82) is 0 Å². The van der Waals surface area contributed by atoms with Crippen molar-refractivity contribution in [2.24, 2.45) is 0 Å². The average molecular weight is 327 g/mol. The molecule has 6 nitrogen and oxygen atoms in total. The number of hydrogen-bond acceptors (Lipinski definition) is 5. The molecule has 0 spiro atoms. The number of ether oxygens (including phenoxy) is 2. The predicted molar refractivity (Wildman–Crippen MR) is 89.1 cm³/mol. The van der Waals surface area contributed by atoms with Crippen LogP contribution in [0, 0.1) is 6.92 Å². The summed E-state index contributed by atoms with van der Waals surface area (Å²) in [5, 5.41) is 7.99. The molecule has 126 valence electrons. The second-order valence-electron chi connectivity index (χ2n) is 5.91. The maximum Gasteiger partial charge on any atom is 0.233 e. The zero-order valence-corrected chi connectivity index (χ0v) is 13.9. The van der Waals surface area contributed by atoms with Gasteiger partial charge in [-0.15, -0.1) is 5.10 Å². The molecule has 1 atom stereocenters. The van der Waals surface area contributed by atoms with E-state index < -0.39 is 0 Å². The highest BCUT2D eigenvalue weighted by Crippen LogP contribution is 2.18. The zero-order valence-electron chi connectivity index (χ0n) is 13.9. The first-order chi connectivity index (χ1) is 11.6. The van der Waals surface area contributed by atoms with Gasteiger partial charge in [-0.1, -0.05) is 12.1 Å². The summed E-state index contributed by atoms with van der Waals surface area (Å²) >= 11 is 0. The quantitative estimate of drug-likeness (QED) is 0.840. The monoisotopic (exact) mass is 327 g/mol. The Kier molecular flexibility index (Phi) is 4.93. The van der Waals surface area contributed by atoms with Gasteiger partial charge in [0.05, 0.1) is 25.8 Å². The number of hydrogen-bond donors (Lipinski definition) is 0. The Balaban J connectivity index is 1.54. The van der Waals surface area contributed by atoms with E-state index in [0.717, 1.165) is 23.4 Å². The number of nitrogens with zero attached hydrogens (tertiary/aromatic N) is 3. The Labute approximate surface area is 141 Å². The normalized spacial score (nSPS) is 16.9. The third kappa shape index (κ3) is 4.01. The molecule has 0 bridgehead atoms. The summed E-state index contributed by atoms with van der Waals surface area (Å²) in [5.41, 5.74) is 1.80. The van der Waals surface area contributed by atoms with Crippen LogP contribution < -0.4 is 9.47 Å². The fourth-order valence-electron chi connectivity index (χ4n) is 2.74. The molecule has 1 aliphatic rings. The number of benzene rings is 1. The van der Waals surface area contributed by atoms with Crippen LogP contribution in [-0.2, 0) is 11.2 Å². The van der Waals surface area contributed by atoms with Crippen LogP contribution in [0.2, 0.25) is 0 Å². The lowest BCUT2D eigenvalue weighted by Gasteiger charge is -2.17. The minimum Gasteiger partial charge on any atom is -0.497 e. The van der Waals surface area contributed by atoms with E-state index in [1.807, 2.05) is 48.2 Å². The molecule has 2 heterocycles. The second kappa shape index (κ2) is 7.29. The standard InChI is InChI=1S/C18H21N3O3/c1-13-6-7-17(20-19-13)24-16-8-9-21(12-16)18(22)11-14-4-3-5-15(10-14)23-2/h3-7,10,16H,8-9,11-12H2,1-2H3/t16-/m0/s1. The van der Waals surface area contributed by atoms with Crippen molar-refractivity contribution in [3.05, 3.63) is 47.7 Å². The SMILES string of the molecule is COc1cccc(CC(=O)N2CC[C@H](Oc3ccc(C)nn3)C2)c1. The van der Waals surface area contributed by atoms with E-state index in [1.165, 1.54) is 0 Å². The summed E-state index contributed by atoms with van der Waals surface area (Å²) in [6, 6.07) is 11.3. The first-order valence-corrected chi connectivity index (χ1v) is 8.02. The molecule has 0 N–H and O–H groups in total. The van der Waals surface area contributed by atoms with E-state index in [1.54, 1.807) is 7.11 Å².